The van der Waals surface area contributed by atoms with Crippen LogP contribution in [0.25, 0.3) is 0 Å². The minimum atomic E-state index is 1.22. The predicted octanol–water partition coefficient (Wildman–Crippen LogP) is 13.2. The lowest BCUT2D eigenvalue weighted by Gasteiger charge is -2.07. The third-order valence-electron chi connectivity index (χ3n) is 8.86. The van der Waals surface area contributed by atoms with Crippen molar-refractivity contribution in [2.75, 3.05) is 0 Å². The molecule has 0 spiro atoms. The highest BCUT2D eigenvalue weighted by atomic mass is 14.1. The van der Waals surface area contributed by atoms with Gasteiger partial charge in [-0.15, -0.1) is 0 Å². The fourth-order valence-electron chi connectivity index (χ4n) is 6.04. The third kappa shape index (κ3) is 18.7. The fraction of sp³-hybridized carbons (Fsp3) is 0.700. The van der Waals surface area contributed by atoms with Crippen LogP contribution in [0, 0.1) is 0 Å². The highest BCUT2D eigenvalue weighted by molar-refractivity contribution is 5.24. The van der Waals surface area contributed by atoms with Crippen molar-refractivity contribution >= 4 is 0 Å². The maximum absolute atomic E-state index is 2.39. The summed E-state index contributed by atoms with van der Waals surface area (Å²) in [5.74, 6) is 0. The number of unbranched alkanes of at least 4 members (excludes halogenated alkanes) is 19. The summed E-state index contributed by atoms with van der Waals surface area (Å²) in [6, 6.07) is 19.1. The Kier molecular flexibility index (Phi) is 21.8. The number of rotatable bonds is 27. The van der Waals surface area contributed by atoms with Crippen LogP contribution in [0.3, 0.4) is 0 Å². The van der Waals surface area contributed by atoms with Gasteiger partial charge in [0.2, 0.25) is 0 Å². The number of benzene rings is 2. The van der Waals surface area contributed by atoms with E-state index in [2.05, 4.69) is 62.4 Å². The maximum atomic E-state index is 2.39. The Hall–Kier alpha value is -1.56. The molecule has 40 heavy (non-hydrogen) atoms. The molecule has 2 aromatic carbocycles. The van der Waals surface area contributed by atoms with Gasteiger partial charge in [0, 0.05) is 0 Å². The van der Waals surface area contributed by atoms with Crippen molar-refractivity contribution in [1.29, 1.82) is 0 Å². The second kappa shape index (κ2) is 25.2. The molecule has 0 fully saturated rings. The van der Waals surface area contributed by atoms with Crippen LogP contribution in [0.1, 0.15) is 177 Å². The van der Waals surface area contributed by atoms with Gasteiger partial charge in [-0.05, 0) is 73.6 Å². The van der Waals surface area contributed by atoms with Crippen molar-refractivity contribution < 1.29 is 0 Å². The molecule has 0 heteroatoms. The Balaban J connectivity index is 1.44. The summed E-state index contributed by atoms with van der Waals surface area (Å²) in [5.41, 5.74) is 6.08. The topological polar surface area (TPSA) is 0 Å². The van der Waals surface area contributed by atoms with E-state index in [4.69, 9.17) is 0 Å². The van der Waals surface area contributed by atoms with Gasteiger partial charge in [-0.2, -0.15) is 0 Å². The zero-order chi connectivity index (χ0) is 28.4. The second-order valence-corrected chi connectivity index (χ2v) is 12.7. The number of hydrogen-bond donors (Lipinski definition) is 0. The molecule has 2 aromatic rings. The molecule has 0 bridgehead atoms. The number of hydrogen-bond acceptors (Lipinski definition) is 0. The first-order chi connectivity index (χ1) is 19.8. The first-order valence-electron chi connectivity index (χ1n) is 18.0. The van der Waals surface area contributed by atoms with Gasteiger partial charge < -0.3 is 0 Å². The van der Waals surface area contributed by atoms with Crippen molar-refractivity contribution in [3.8, 4) is 0 Å². The Morgan fingerprint density at radius 2 is 0.425 bits per heavy atom. The molecular formula is C40H66. The lowest BCUT2D eigenvalue weighted by atomic mass is 9.99. The van der Waals surface area contributed by atoms with Gasteiger partial charge in [-0.25, -0.2) is 0 Å². The highest BCUT2D eigenvalue weighted by Crippen LogP contribution is 2.16. The van der Waals surface area contributed by atoms with Crippen LogP contribution in [-0.2, 0) is 25.7 Å². The van der Waals surface area contributed by atoms with Crippen LogP contribution >= 0.6 is 0 Å². The van der Waals surface area contributed by atoms with E-state index in [9.17, 15) is 0 Å². The molecule has 0 amide bonds. The van der Waals surface area contributed by atoms with Gasteiger partial charge in [0.05, 0.1) is 0 Å². The van der Waals surface area contributed by atoms with Crippen LogP contribution in [0.4, 0.5) is 0 Å². The quantitative estimate of drug-likeness (QED) is 0.0977. The molecule has 0 radical (unpaired) electrons. The van der Waals surface area contributed by atoms with E-state index >= 15 is 0 Å². The van der Waals surface area contributed by atoms with Crippen LogP contribution in [0.5, 0.6) is 0 Å². The van der Waals surface area contributed by atoms with Crippen LogP contribution in [0.2, 0.25) is 0 Å². The smallest absolute Gasteiger partial charge is 0.0279 e. The SMILES string of the molecule is CCCCCCCCCCCCc1ccc(CCCCc2ccc(CCCCCCCCCCCC)cc2)cc1. The summed E-state index contributed by atoms with van der Waals surface area (Å²) < 4.78 is 0. The highest BCUT2D eigenvalue weighted by Gasteiger charge is 2.00. The Bertz CT molecular complexity index is 714. The molecule has 0 aromatic heterocycles. The molecular weight excluding hydrogens is 480 g/mol. The van der Waals surface area contributed by atoms with Crippen LogP contribution in [0.15, 0.2) is 48.5 Å². The minimum Gasteiger partial charge on any atom is -0.0654 e. The van der Waals surface area contributed by atoms with E-state index in [1.165, 1.54) is 189 Å². The number of aryl methyl sites for hydroxylation is 4. The van der Waals surface area contributed by atoms with Crippen molar-refractivity contribution in [2.24, 2.45) is 0 Å². The van der Waals surface area contributed by atoms with Gasteiger partial charge in [0.1, 0.15) is 0 Å². The van der Waals surface area contributed by atoms with Gasteiger partial charge in [0.25, 0.3) is 0 Å². The van der Waals surface area contributed by atoms with Crippen molar-refractivity contribution in [3.05, 3.63) is 70.8 Å². The van der Waals surface area contributed by atoms with Crippen LogP contribution in [-0.4, -0.2) is 0 Å². The lowest BCUT2D eigenvalue weighted by molar-refractivity contribution is 0.556. The van der Waals surface area contributed by atoms with E-state index in [0.29, 0.717) is 0 Å². The van der Waals surface area contributed by atoms with Gasteiger partial charge in [-0.1, -0.05) is 178 Å². The molecule has 0 aliphatic rings. The molecule has 0 unspecified atom stereocenters. The van der Waals surface area contributed by atoms with Crippen molar-refractivity contribution in [1.82, 2.24) is 0 Å². The zero-order valence-electron chi connectivity index (χ0n) is 27.0. The van der Waals surface area contributed by atoms with Crippen molar-refractivity contribution in [3.63, 3.8) is 0 Å². The predicted molar refractivity (Wildman–Crippen MR) is 181 cm³/mol. The third-order valence-corrected chi connectivity index (χ3v) is 8.86. The summed E-state index contributed by atoms with van der Waals surface area (Å²) in [7, 11) is 0. The molecule has 0 saturated carbocycles. The molecule has 0 heterocycles. The summed E-state index contributed by atoms with van der Waals surface area (Å²) in [4.78, 5) is 0. The molecule has 0 aliphatic carbocycles. The Labute approximate surface area is 251 Å². The molecule has 226 valence electrons. The molecule has 0 atom stereocenters. The first-order valence-corrected chi connectivity index (χ1v) is 18.0. The van der Waals surface area contributed by atoms with E-state index in [-0.39, 0.29) is 0 Å². The molecule has 0 nitrogen and oxygen atoms in total. The molecule has 0 saturated heterocycles. The average Bonchev–Trinajstić information content (AvgIpc) is 2.98. The standard InChI is InChI=1S/C40H66/c1-3-5-7-9-11-13-15-17-19-21-25-37-29-33-39(34-30-37)27-23-24-28-40-35-31-38(32-36-40)26-22-20-18-16-14-12-10-8-6-4-2/h29-36H,3-28H2,1-2H3. The normalized spacial score (nSPS) is 11.3. The monoisotopic (exact) mass is 547 g/mol. The molecule has 0 N–H and O–H groups in total. The average molecular weight is 547 g/mol. The van der Waals surface area contributed by atoms with E-state index in [0.717, 1.165) is 0 Å². The summed E-state index contributed by atoms with van der Waals surface area (Å²) >= 11 is 0. The Morgan fingerprint density at radius 1 is 0.250 bits per heavy atom. The molecule has 2 rings (SSSR count). The van der Waals surface area contributed by atoms with Gasteiger partial charge >= 0.3 is 0 Å². The van der Waals surface area contributed by atoms with Crippen LogP contribution < -0.4 is 0 Å². The first kappa shape index (κ1) is 34.6. The van der Waals surface area contributed by atoms with E-state index in [1.54, 1.807) is 0 Å². The second-order valence-electron chi connectivity index (χ2n) is 12.7. The zero-order valence-corrected chi connectivity index (χ0v) is 27.0. The largest absolute Gasteiger partial charge is 0.0654 e. The van der Waals surface area contributed by atoms with E-state index in [1.807, 2.05) is 0 Å². The van der Waals surface area contributed by atoms with Gasteiger partial charge in [-0.3, -0.25) is 0 Å². The van der Waals surface area contributed by atoms with Gasteiger partial charge in [0.15, 0.2) is 0 Å². The van der Waals surface area contributed by atoms with Crippen molar-refractivity contribution in [2.45, 2.75) is 181 Å². The molecule has 0 aliphatic heterocycles. The van der Waals surface area contributed by atoms with E-state index < -0.39 is 0 Å². The minimum absolute atomic E-state index is 1.22. The summed E-state index contributed by atoms with van der Waals surface area (Å²) in [6.07, 6.45) is 35.9. The Morgan fingerprint density at radius 3 is 0.650 bits per heavy atom. The maximum Gasteiger partial charge on any atom is -0.0279 e. The fourth-order valence-corrected chi connectivity index (χ4v) is 6.04. The lowest BCUT2D eigenvalue weighted by Crippen LogP contribution is -1.92. The summed E-state index contributed by atoms with van der Waals surface area (Å²) in [6.45, 7) is 4.60. The summed E-state index contributed by atoms with van der Waals surface area (Å²) in [5, 5.41) is 0.